The number of hydrogen-bond acceptors (Lipinski definition) is 0. The fourth-order valence-electron chi connectivity index (χ4n) is 0.428. The van der Waals surface area contributed by atoms with E-state index in [-0.39, 0.29) is 0 Å². The van der Waals surface area contributed by atoms with Crippen molar-refractivity contribution in [2.24, 2.45) is 0 Å². The van der Waals surface area contributed by atoms with Gasteiger partial charge in [0.05, 0.1) is 0 Å². The molecule has 0 aliphatic heterocycles. The molecular weight excluding hydrogens is 88.1 g/mol. The number of rotatable bonds is 4. The lowest BCUT2D eigenvalue weighted by Gasteiger charge is -1.91. The summed E-state index contributed by atoms with van der Waals surface area (Å²) in [5.74, 6) is 0. The van der Waals surface area contributed by atoms with Crippen LogP contribution in [0.15, 0.2) is 0 Å². The van der Waals surface area contributed by atoms with Crippen LogP contribution in [0, 0.1) is 0 Å². The Labute approximate surface area is 45.7 Å². The normalized spacial score (nSPS) is 9.43. The number of ether oxygens (including phenoxy) is 1. The van der Waals surface area contributed by atoms with Crippen molar-refractivity contribution in [2.75, 3.05) is 13.2 Å². The Balaban J connectivity index is 2.45. The first-order valence-electron chi connectivity index (χ1n) is 3.05. The smallest absolute Gasteiger partial charge is 0.144 e. The second kappa shape index (κ2) is 5.96. The highest BCUT2D eigenvalue weighted by molar-refractivity contribution is 4.27. The molecular formula is C6H15O+. The van der Waals surface area contributed by atoms with Crippen LogP contribution >= 0.6 is 0 Å². The Morgan fingerprint density at radius 2 is 2.00 bits per heavy atom. The molecule has 0 saturated carbocycles. The SMILES string of the molecule is CCCC[OH+]CC. The van der Waals surface area contributed by atoms with Crippen LogP contribution in [0.2, 0.25) is 0 Å². The molecule has 0 aromatic rings. The summed E-state index contributed by atoms with van der Waals surface area (Å²) in [5, 5.41) is 0. The van der Waals surface area contributed by atoms with Crippen LogP contribution in [0.25, 0.3) is 0 Å². The highest BCUT2D eigenvalue weighted by Gasteiger charge is 1.82. The summed E-state index contributed by atoms with van der Waals surface area (Å²) >= 11 is 0. The molecule has 0 fully saturated rings. The van der Waals surface area contributed by atoms with Crippen molar-refractivity contribution in [1.29, 1.82) is 0 Å². The minimum atomic E-state index is 0.986. The zero-order valence-electron chi connectivity index (χ0n) is 5.28. The molecule has 1 nitrogen and oxygen atoms in total. The number of hydrogen-bond donors (Lipinski definition) is 0. The molecule has 0 bridgehead atoms. The van der Waals surface area contributed by atoms with Crippen LogP contribution in [0.3, 0.4) is 0 Å². The fraction of sp³-hybridized carbons (Fsp3) is 1.00. The van der Waals surface area contributed by atoms with Gasteiger partial charge in [-0.2, -0.15) is 0 Å². The van der Waals surface area contributed by atoms with Crippen LogP contribution < -0.4 is 0 Å². The minimum absolute atomic E-state index is 0.986. The lowest BCUT2D eigenvalue weighted by Crippen LogP contribution is -1.97. The van der Waals surface area contributed by atoms with E-state index in [9.17, 15) is 0 Å². The summed E-state index contributed by atoms with van der Waals surface area (Å²) in [7, 11) is 0. The highest BCUT2D eigenvalue weighted by atomic mass is 16.5. The molecule has 0 heterocycles. The van der Waals surface area contributed by atoms with Gasteiger partial charge in [-0.3, -0.25) is 0 Å². The third-order valence-electron chi connectivity index (χ3n) is 0.893. The molecule has 0 aliphatic carbocycles. The summed E-state index contributed by atoms with van der Waals surface area (Å²) in [5.41, 5.74) is 0. The number of unbranched alkanes of at least 4 members (excludes halogenated alkanes) is 1. The lowest BCUT2D eigenvalue weighted by molar-refractivity contribution is -0.0294. The molecule has 44 valence electrons. The molecule has 1 N–H and O–H groups in total. The van der Waals surface area contributed by atoms with Gasteiger partial charge in [0, 0.05) is 13.3 Å². The molecule has 0 aliphatic rings. The van der Waals surface area contributed by atoms with Gasteiger partial charge in [-0.15, -0.1) is 0 Å². The van der Waals surface area contributed by atoms with Gasteiger partial charge < -0.3 is 4.74 Å². The predicted molar refractivity (Wildman–Crippen MR) is 32.5 cm³/mol. The molecule has 1 heteroatoms. The molecule has 0 aromatic heterocycles. The number of aliphatic hydroxyl groups is 2. The maximum Gasteiger partial charge on any atom is 0.144 e. The Morgan fingerprint density at radius 1 is 1.29 bits per heavy atom. The van der Waals surface area contributed by atoms with E-state index in [2.05, 4.69) is 18.6 Å². The zero-order chi connectivity index (χ0) is 5.54. The average molecular weight is 103 g/mol. The molecule has 0 aromatic carbocycles. The lowest BCUT2D eigenvalue weighted by atomic mass is 10.4. The average Bonchev–Trinajstić information content (AvgIpc) is 1.69. The van der Waals surface area contributed by atoms with E-state index in [0.29, 0.717) is 0 Å². The van der Waals surface area contributed by atoms with Crippen molar-refractivity contribution >= 4 is 0 Å². The molecule has 0 spiro atoms. The third-order valence-corrected chi connectivity index (χ3v) is 0.893. The van der Waals surface area contributed by atoms with Gasteiger partial charge in [0.15, 0.2) is 0 Å². The molecule has 0 saturated heterocycles. The van der Waals surface area contributed by atoms with E-state index in [1.807, 2.05) is 0 Å². The van der Waals surface area contributed by atoms with Crippen molar-refractivity contribution in [1.82, 2.24) is 0 Å². The van der Waals surface area contributed by atoms with E-state index in [1.54, 1.807) is 0 Å². The summed E-state index contributed by atoms with van der Waals surface area (Å²) < 4.78 is 4.16. The monoisotopic (exact) mass is 103 g/mol. The standard InChI is InChI=1S/C6H14O/c1-3-5-6-7-4-2/h3-6H2,1-2H3/p+1. The van der Waals surface area contributed by atoms with Crippen molar-refractivity contribution in [2.45, 2.75) is 26.7 Å². The molecule has 0 unspecified atom stereocenters. The zero-order valence-corrected chi connectivity index (χ0v) is 5.28. The van der Waals surface area contributed by atoms with Crippen LogP contribution in [0.5, 0.6) is 0 Å². The Morgan fingerprint density at radius 3 is 2.43 bits per heavy atom. The predicted octanol–water partition coefficient (Wildman–Crippen LogP) is 1.33. The second-order valence-corrected chi connectivity index (χ2v) is 1.62. The first kappa shape index (κ1) is 6.96. The van der Waals surface area contributed by atoms with Gasteiger partial charge >= 0.3 is 0 Å². The quantitative estimate of drug-likeness (QED) is 0.376. The van der Waals surface area contributed by atoms with Gasteiger partial charge in [0.2, 0.25) is 0 Å². The van der Waals surface area contributed by atoms with E-state index < -0.39 is 0 Å². The summed E-state index contributed by atoms with van der Waals surface area (Å²) in [6.07, 6.45) is 2.53. The fourth-order valence-corrected chi connectivity index (χ4v) is 0.428. The minimum Gasteiger partial charge on any atom is -0.434 e. The van der Waals surface area contributed by atoms with Crippen molar-refractivity contribution in [3.05, 3.63) is 0 Å². The highest BCUT2D eigenvalue weighted by Crippen LogP contribution is 1.83. The van der Waals surface area contributed by atoms with Crippen molar-refractivity contribution in [3.8, 4) is 0 Å². The van der Waals surface area contributed by atoms with Crippen LogP contribution in [0.1, 0.15) is 26.7 Å². The van der Waals surface area contributed by atoms with Crippen LogP contribution in [-0.2, 0) is 0 Å². The molecule has 0 radical (unpaired) electrons. The maximum atomic E-state index is 4.16. The Hall–Kier alpha value is -0.0400. The molecule has 7 heavy (non-hydrogen) atoms. The summed E-state index contributed by atoms with van der Waals surface area (Å²) in [6, 6.07) is 0. The molecule has 0 amide bonds. The van der Waals surface area contributed by atoms with Crippen LogP contribution in [-0.4, -0.2) is 18.0 Å². The van der Waals surface area contributed by atoms with Crippen molar-refractivity contribution < 1.29 is 4.74 Å². The maximum absolute atomic E-state index is 4.16. The van der Waals surface area contributed by atoms with E-state index in [1.165, 1.54) is 12.8 Å². The van der Waals surface area contributed by atoms with Gasteiger partial charge in [0.25, 0.3) is 0 Å². The van der Waals surface area contributed by atoms with E-state index >= 15 is 0 Å². The molecule has 0 rings (SSSR count). The van der Waals surface area contributed by atoms with Crippen molar-refractivity contribution in [3.63, 3.8) is 0 Å². The van der Waals surface area contributed by atoms with Crippen LogP contribution in [0.4, 0.5) is 0 Å². The Kier molecular flexibility index (Phi) is 5.93. The largest absolute Gasteiger partial charge is 0.434 e. The summed E-state index contributed by atoms with van der Waals surface area (Å²) in [4.78, 5) is 0. The first-order chi connectivity index (χ1) is 3.41. The van der Waals surface area contributed by atoms with Gasteiger partial charge in [-0.05, 0) is 6.42 Å². The van der Waals surface area contributed by atoms with Gasteiger partial charge in [-0.25, -0.2) is 0 Å². The Bertz CT molecular complexity index is 23.4. The van der Waals surface area contributed by atoms with Gasteiger partial charge in [-0.1, -0.05) is 6.92 Å². The first-order valence-corrected chi connectivity index (χ1v) is 3.05. The van der Waals surface area contributed by atoms with E-state index in [4.69, 9.17) is 0 Å². The molecule has 0 atom stereocenters. The summed E-state index contributed by atoms with van der Waals surface area (Å²) in [6.45, 7) is 6.31. The second-order valence-electron chi connectivity index (χ2n) is 1.62. The topological polar surface area (TPSA) is 12.8 Å². The van der Waals surface area contributed by atoms with Gasteiger partial charge in [0.1, 0.15) is 13.2 Å². The van der Waals surface area contributed by atoms with E-state index in [0.717, 1.165) is 13.2 Å². The third kappa shape index (κ3) is 5.96.